The van der Waals surface area contributed by atoms with Gasteiger partial charge in [-0.15, -0.1) is 0 Å². The van der Waals surface area contributed by atoms with Crippen molar-refractivity contribution in [3.05, 3.63) is 54.6 Å². The van der Waals surface area contributed by atoms with Gasteiger partial charge in [-0.25, -0.2) is 9.37 Å². The van der Waals surface area contributed by atoms with Gasteiger partial charge in [-0.05, 0) is 43.3 Å². The second-order valence-electron chi connectivity index (χ2n) is 5.38. The molecule has 0 spiro atoms. The number of nitrogens with zero attached hydrogens (tertiary/aromatic N) is 3. The van der Waals surface area contributed by atoms with Crippen LogP contribution in [0.5, 0.6) is 0 Å². The zero-order chi connectivity index (χ0) is 17.1. The highest BCUT2D eigenvalue weighted by Gasteiger charge is 2.18. The van der Waals surface area contributed by atoms with Crippen molar-refractivity contribution in [2.24, 2.45) is 7.05 Å². The first kappa shape index (κ1) is 16.4. The van der Waals surface area contributed by atoms with E-state index >= 15 is 0 Å². The van der Waals surface area contributed by atoms with Crippen molar-refractivity contribution in [3.8, 4) is 22.5 Å². The summed E-state index contributed by atoms with van der Waals surface area (Å²) in [6.07, 6.45) is 3.44. The van der Waals surface area contributed by atoms with E-state index in [1.165, 1.54) is 23.9 Å². The zero-order valence-corrected chi connectivity index (χ0v) is 14.2. The van der Waals surface area contributed by atoms with Gasteiger partial charge in [-0.2, -0.15) is 0 Å². The van der Waals surface area contributed by atoms with Crippen LogP contribution in [0.4, 0.5) is 4.39 Å². The second kappa shape index (κ2) is 6.97. The van der Waals surface area contributed by atoms with Crippen molar-refractivity contribution in [1.82, 2.24) is 14.5 Å². The fraction of sp³-hybridized carbons (Fsp3) is 0.167. The number of hydrogen-bond acceptors (Lipinski definition) is 4. The van der Waals surface area contributed by atoms with Gasteiger partial charge in [0.25, 0.3) is 0 Å². The summed E-state index contributed by atoms with van der Waals surface area (Å²) in [6.45, 7) is 1.56. The molecule has 0 saturated carbocycles. The van der Waals surface area contributed by atoms with Crippen LogP contribution in [0, 0.1) is 5.82 Å². The number of aromatic nitrogens is 3. The highest BCUT2D eigenvalue weighted by Crippen LogP contribution is 2.34. The number of carbonyl (C=O) groups is 1. The van der Waals surface area contributed by atoms with E-state index in [4.69, 9.17) is 0 Å². The third-order valence-electron chi connectivity index (χ3n) is 3.53. The van der Waals surface area contributed by atoms with Crippen molar-refractivity contribution in [1.29, 1.82) is 0 Å². The molecule has 6 heteroatoms. The van der Waals surface area contributed by atoms with Gasteiger partial charge in [-0.3, -0.25) is 9.78 Å². The summed E-state index contributed by atoms with van der Waals surface area (Å²) in [5.74, 6) is 0.173. The third kappa shape index (κ3) is 3.38. The molecule has 0 N–H and O–H groups in total. The lowest BCUT2D eigenvalue weighted by atomic mass is 10.1. The van der Waals surface area contributed by atoms with Crippen LogP contribution in [0.2, 0.25) is 0 Å². The Morgan fingerprint density at radius 3 is 2.42 bits per heavy atom. The lowest BCUT2D eigenvalue weighted by Gasteiger charge is -2.07. The fourth-order valence-corrected chi connectivity index (χ4v) is 3.20. The molecule has 0 aliphatic rings. The first-order chi connectivity index (χ1) is 11.6. The molecule has 122 valence electrons. The summed E-state index contributed by atoms with van der Waals surface area (Å²) in [5.41, 5.74) is 3.47. The van der Waals surface area contributed by atoms with Crippen LogP contribution in [-0.2, 0) is 11.8 Å². The van der Waals surface area contributed by atoms with Gasteiger partial charge >= 0.3 is 0 Å². The van der Waals surface area contributed by atoms with Gasteiger partial charge in [0.15, 0.2) is 5.16 Å². The van der Waals surface area contributed by atoms with Crippen LogP contribution >= 0.6 is 11.8 Å². The summed E-state index contributed by atoms with van der Waals surface area (Å²) in [5, 5.41) is 0.747. The molecule has 0 unspecified atom stereocenters. The molecule has 4 nitrogen and oxygen atoms in total. The lowest BCUT2D eigenvalue weighted by Crippen LogP contribution is -1.98. The molecule has 0 bridgehead atoms. The molecule has 2 aromatic heterocycles. The molecule has 2 heterocycles. The van der Waals surface area contributed by atoms with Crippen LogP contribution in [-0.4, -0.2) is 26.1 Å². The highest BCUT2D eigenvalue weighted by molar-refractivity contribution is 7.99. The molecule has 0 aliphatic heterocycles. The smallest absolute Gasteiger partial charge is 0.169 e. The molecule has 3 rings (SSSR count). The molecule has 0 saturated heterocycles. The van der Waals surface area contributed by atoms with Gasteiger partial charge in [-0.1, -0.05) is 11.8 Å². The monoisotopic (exact) mass is 341 g/mol. The van der Waals surface area contributed by atoms with Gasteiger partial charge in [0.05, 0.1) is 17.1 Å². The van der Waals surface area contributed by atoms with E-state index in [1.54, 1.807) is 31.5 Å². The van der Waals surface area contributed by atoms with E-state index < -0.39 is 0 Å². The van der Waals surface area contributed by atoms with Crippen molar-refractivity contribution >= 4 is 17.5 Å². The summed E-state index contributed by atoms with van der Waals surface area (Å²) in [6, 6.07) is 10.1. The Hall–Kier alpha value is -2.47. The number of halogens is 1. The normalized spacial score (nSPS) is 10.8. The maximum atomic E-state index is 13.2. The Morgan fingerprint density at radius 2 is 1.79 bits per heavy atom. The minimum atomic E-state index is -0.286. The van der Waals surface area contributed by atoms with Crippen LogP contribution in [0.3, 0.4) is 0 Å². The van der Waals surface area contributed by atoms with E-state index in [2.05, 4.69) is 9.97 Å². The largest absolute Gasteiger partial charge is 0.322 e. The van der Waals surface area contributed by atoms with Crippen LogP contribution in [0.15, 0.2) is 53.9 Å². The zero-order valence-electron chi connectivity index (χ0n) is 13.4. The van der Waals surface area contributed by atoms with Gasteiger partial charge in [0.2, 0.25) is 0 Å². The summed E-state index contributed by atoms with van der Waals surface area (Å²) in [4.78, 5) is 20.0. The van der Waals surface area contributed by atoms with Crippen molar-refractivity contribution in [2.75, 3.05) is 5.75 Å². The van der Waals surface area contributed by atoms with Crippen LogP contribution in [0.25, 0.3) is 22.5 Å². The number of thioether (sulfide) groups is 1. The maximum Gasteiger partial charge on any atom is 0.169 e. The number of Topliss-reactive ketones (excluding diaryl/α,β-unsaturated/α-hetero) is 1. The number of pyridine rings is 1. The Morgan fingerprint density at radius 1 is 1.12 bits per heavy atom. The summed E-state index contributed by atoms with van der Waals surface area (Å²) < 4.78 is 15.2. The number of imidazole rings is 1. The average Bonchev–Trinajstić information content (AvgIpc) is 2.91. The number of carbonyl (C=O) groups excluding carboxylic acids is 1. The third-order valence-corrected chi connectivity index (χ3v) is 4.70. The Kier molecular flexibility index (Phi) is 4.76. The minimum absolute atomic E-state index is 0.0943. The number of benzene rings is 1. The Balaban J connectivity index is 2.13. The molecular formula is C18H16FN3OS. The number of rotatable bonds is 5. The lowest BCUT2D eigenvalue weighted by molar-refractivity contribution is -0.114. The quantitative estimate of drug-likeness (QED) is 0.659. The SMILES string of the molecule is CC(=O)CSc1nc(-c2ccc(F)cc2)c(-c2ccncc2)n1C. The van der Waals surface area contributed by atoms with Crippen molar-refractivity contribution in [2.45, 2.75) is 12.1 Å². The van der Waals surface area contributed by atoms with Crippen LogP contribution < -0.4 is 0 Å². The molecule has 3 aromatic rings. The first-order valence-corrected chi connectivity index (χ1v) is 8.40. The predicted octanol–water partition coefficient (Wildman–Crippen LogP) is 3.97. The standard InChI is InChI=1S/C18H16FN3OS/c1-12(23)11-24-18-21-16(13-3-5-15(19)6-4-13)17(22(18)2)14-7-9-20-10-8-14/h3-10H,11H2,1-2H3. The Bertz CT molecular complexity index is 860. The Labute approximate surface area is 143 Å². The summed E-state index contributed by atoms with van der Waals surface area (Å²) in [7, 11) is 1.91. The van der Waals surface area contributed by atoms with E-state index in [-0.39, 0.29) is 11.6 Å². The highest BCUT2D eigenvalue weighted by atomic mass is 32.2. The van der Waals surface area contributed by atoms with E-state index in [0.717, 1.165) is 27.7 Å². The summed E-state index contributed by atoms with van der Waals surface area (Å²) >= 11 is 1.40. The molecule has 0 aliphatic carbocycles. The van der Waals surface area contributed by atoms with Gasteiger partial charge < -0.3 is 4.57 Å². The molecule has 0 fully saturated rings. The second-order valence-corrected chi connectivity index (χ2v) is 6.33. The topological polar surface area (TPSA) is 47.8 Å². The molecule has 1 aromatic carbocycles. The molecule has 0 amide bonds. The number of ketones is 1. The first-order valence-electron chi connectivity index (χ1n) is 7.41. The maximum absolute atomic E-state index is 13.2. The number of hydrogen-bond donors (Lipinski definition) is 0. The van der Waals surface area contributed by atoms with Gasteiger partial charge in [0, 0.05) is 30.6 Å². The minimum Gasteiger partial charge on any atom is -0.322 e. The molecule has 24 heavy (non-hydrogen) atoms. The predicted molar refractivity (Wildman–Crippen MR) is 93.2 cm³/mol. The molecular weight excluding hydrogens is 325 g/mol. The molecule has 0 radical (unpaired) electrons. The van der Waals surface area contributed by atoms with Crippen molar-refractivity contribution in [3.63, 3.8) is 0 Å². The van der Waals surface area contributed by atoms with Crippen molar-refractivity contribution < 1.29 is 9.18 Å². The van der Waals surface area contributed by atoms with E-state index in [1.807, 2.05) is 23.7 Å². The average molecular weight is 341 g/mol. The van der Waals surface area contributed by atoms with E-state index in [0.29, 0.717) is 5.75 Å². The van der Waals surface area contributed by atoms with E-state index in [9.17, 15) is 9.18 Å². The molecule has 0 atom stereocenters. The van der Waals surface area contributed by atoms with Crippen LogP contribution in [0.1, 0.15) is 6.92 Å². The fourth-order valence-electron chi connectivity index (χ4n) is 2.42. The van der Waals surface area contributed by atoms with Gasteiger partial charge in [0.1, 0.15) is 11.6 Å².